The van der Waals surface area contributed by atoms with Crippen molar-refractivity contribution in [1.29, 1.82) is 0 Å². The second-order valence-electron chi connectivity index (χ2n) is 3.69. The Balaban J connectivity index is 2.95. The highest BCUT2D eigenvalue weighted by Crippen LogP contribution is 2.18. The topological polar surface area (TPSA) is 55.1 Å². The minimum absolute atomic E-state index is 0.0834. The van der Waals surface area contributed by atoms with Crippen molar-refractivity contribution in [1.82, 2.24) is 9.78 Å². The van der Waals surface area contributed by atoms with Gasteiger partial charge in [0.05, 0.1) is 18.2 Å². The number of hydrogen-bond acceptors (Lipinski definition) is 2. The van der Waals surface area contributed by atoms with E-state index in [9.17, 15) is 4.79 Å². The van der Waals surface area contributed by atoms with Crippen LogP contribution in [0.4, 0.5) is 0 Å². The summed E-state index contributed by atoms with van der Waals surface area (Å²) in [5.41, 5.74) is 3.17. The lowest BCUT2D eigenvalue weighted by Crippen LogP contribution is -2.13. The molecule has 1 aromatic heterocycles. The van der Waals surface area contributed by atoms with Crippen LogP contribution < -0.4 is 0 Å². The number of carboxylic acids is 1. The second kappa shape index (κ2) is 3.82. The number of carboxylic acid groups (broad SMARTS) is 1. The Morgan fingerprint density at radius 2 is 2.07 bits per heavy atom. The Bertz CT molecular complexity index is 355. The predicted octanol–water partition coefficient (Wildman–Crippen LogP) is 1.84. The fourth-order valence-electron chi connectivity index (χ4n) is 1.51. The smallest absolute Gasteiger partial charge is 0.305 e. The van der Waals surface area contributed by atoms with Crippen molar-refractivity contribution in [3.63, 3.8) is 0 Å². The Hall–Kier alpha value is -1.32. The van der Waals surface area contributed by atoms with Crippen molar-refractivity contribution in [2.75, 3.05) is 0 Å². The van der Waals surface area contributed by atoms with E-state index < -0.39 is 5.97 Å². The molecule has 0 saturated carbocycles. The molecular formula is C10H16N2O2. The average molecular weight is 196 g/mol. The highest BCUT2D eigenvalue weighted by molar-refractivity contribution is 5.67. The number of aromatic nitrogens is 2. The zero-order chi connectivity index (χ0) is 10.9. The van der Waals surface area contributed by atoms with E-state index in [1.54, 1.807) is 4.68 Å². The SMILES string of the molecule is Cc1nn([C@@H](C)CC(=O)O)c(C)c1C. The van der Waals surface area contributed by atoms with E-state index in [4.69, 9.17) is 5.11 Å². The van der Waals surface area contributed by atoms with Gasteiger partial charge in [0.1, 0.15) is 0 Å². The first kappa shape index (κ1) is 10.8. The van der Waals surface area contributed by atoms with Gasteiger partial charge in [0.2, 0.25) is 0 Å². The van der Waals surface area contributed by atoms with Crippen molar-refractivity contribution in [2.45, 2.75) is 40.2 Å². The summed E-state index contributed by atoms with van der Waals surface area (Å²) in [5.74, 6) is -0.789. The molecule has 0 aliphatic carbocycles. The summed E-state index contributed by atoms with van der Waals surface area (Å²) in [7, 11) is 0. The van der Waals surface area contributed by atoms with E-state index in [0.29, 0.717) is 0 Å². The molecule has 0 aromatic carbocycles. The molecule has 4 nitrogen and oxygen atoms in total. The van der Waals surface area contributed by atoms with Crippen molar-refractivity contribution in [2.24, 2.45) is 0 Å². The van der Waals surface area contributed by atoms with Crippen molar-refractivity contribution < 1.29 is 9.90 Å². The molecule has 0 amide bonds. The van der Waals surface area contributed by atoms with Crippen molar-refractivity contribution >= 4 is 5.97 Å². The lowest BCUT2D eigenvalue weighted by Gasteiger charge is -2.11. The maximum atomic E-state index is 10.5. The molecular weight excluding hydrogens is 180 g/mol. The third-order valence-corrected chi connectivity index (χ3v) is 2.57. The van der Waals surface area contributed by atoms with Gasteiger partial charge in [-0.05, 0) is 33.3 Å². The van der Waals surface area contributed by atoms with E-state index in [-0.39, 0.29) is 12.5 Å². The molecule has 0 unspecified atom stereocenters. The molecule has 0 fully saturated rings. The molecule has 1 aromatic rings. The lowest BCUT2D eigenvalue weighted by molar-refractivity contribution is -0.137. The predicted molar refractivity (Wildman–Crippen MR) is 53.4 cm³/mol. The Morgan fingerprint density at radius 3 is 2.43 bits per heavy atom. The van der Waals surface area contributed by atoms with E-state index in [1.165, 1.54) is 0 Å². The molecule has 0 spiro atoms. The van der Waals surface area contributed by atoms with Crippen LogP contribution in [-0.4, -0.2) is 20.9 Å². The van der Waals surface area contributed by atoms with Crippen LogP contribution in [0.2, 0.25) is 0 Å². The first-order chi connectivity index (χ1) is 6.43. The van der Waals surface area contributed by atoms with Crippen molar-refractivity contribution in [3.8, 4) is 0 Å². The average Bonchev–Trinajstić information content (AvgIpc) is 2.32. The van der Waals surface area contributed by atoms with Gasteiger partial charge >= 0.3 is 5.97 Å². The van der Waals surface area contributed by atoms with E-state index in [0.717, 1.165) is 17.0 Å². The molecule has 14 heavy (non-hydrogen) atoms. The van der Waals surface area contributed by atoms with E-state index in [2.05, 4.69) is 5.10 Å². The zero-order valence-electron chi connectivity index (χ0n) is 9.03. The summed E-state index contributed by atoms with van der Waals surface area (Å²) in [6.07, 6.45) is 0.113. The van der Waals surface area contributed by atoms with Gasteiger partial charge in [-0.3, -0.25) is 9.48 Å². The number of rotatable bonds is 3. The highest BCUT2D eigenvalue weighted by Gasteiger charge is 2.15. The van der Waals surface area contributed by atoms with Gasteiger partial charge in [-0.1, -0.05) is 0 Å². The van der Waals surface area contributed by atoms with Crippen LogP contribution >= 0.6 is 0 Å². The largest absolute Gasteiger partial charge is 0.481 e. The van der Waals surface area contributed by atoms with Gasteiger partial charge in [0.25, 0.3) is 0 Å². The molecule has 0 aliphatic rings. The molecule has 1 rings (SSSR count). The second-order valence-corrected chi connectivity index (χ2v) is 3.69. The number of aliphatic carboxylic acids is 1. The third kappa shape index (κ3) is 1.95. The number of carbonyl (C=O) groups is 1. The Kier molecular flexibility index (Phi) is 2.93. The Labute approximate surface area is 83.5 Å². The minimum Gasteiger partial charge on any atom is -0.481 e. The van der Waals surface area contributed by atoms with Crippen LogP contribution in [0.5, 0.6) is 0 Å². The molecule has 0 aliphatic heterocycles. The summed E-state index contributed by atoms with van der Waals surface area (Å²) in [6.45, 7) is 7.77. The van der Waals surface area contributed by atoms with Gasteiger partial charge < -0.3 is 5.11 Å². The summed E-state index contributed by atoms with van der Waals surface area (Å²) in [5, 5.41) is 13.0. The van der Waals surface area contributed by atoms with Gasteiger partial charge in [0, 0.05) is 5.69 Å². The summed E-state index contributed by atoms with van der Waals surface area (Å²) in [6, 6.07) is -0.0834. The molecule has 78 valence electrons. The molecule has 0 radical (unpaired) electrons. The van der Waals surface area contributed by atoms with E-state index >= 15 is 0 Å². The van der Waals surface area contributed by atoms with Crippen LogP contribution in [0.25, 0.3) is 0 Å². The van der Waals surface area contributed by atoms with Crippen LogP contribution in [0.1, 0.15) is 36.3 Å². The van der Waals surface area contributed by atoms with E-state index in [1.807, 2.05) is 27.7 Å². The fraction of sp³-hybridized carbons (Fsp3) is 0.600. The van der Waals surface area contributed by atoms with Gasteiger partial charge in [0.15, 0.2) is 0 Å². The van der Waals surface area contributed by atoms with Crippen LogP contribution in [0.15, 0.2) is 0 Å². The first-order valence-corrected chi connectivity index (χ1v) is 4.67. The molecule has 1 heterocycles. The van der Waals surface area contributed by atoms with Gasteiger partial charge in [-0.2, -0.15) is 5.10 Å². The zero-order valence-corrected chi connectivity index (χ0v) is 9.03. The first-order valence-electron chi connectivity index (χ1n) is 4.67. The molecule has 1 N–H and O–H groups in total. The van der Waals surface area contributed by atoms with Crippen LogP contribution in [0, 0.1) is 20.8 Å². The Morgan fingerprint density at radius 1 is 1.50 bits per heavy atom. The maximum absolute atomic E-state index is 10.5. The summed E-state index contributed by atoms with van der Waals surface area (Å²) in [4.78, 5) is 10.5. The van der Waals surface area contributed by atoms with Crippen LogP contribution in [-0.2, 0) is 4.79 Å². The monoisotopic (exact) mass is 196 g/mol. The normalized spacial score (nSPS) is 12.9. The highest BCUT2D eigenvalue weighted by atomic mass is 16.4. The van der Waals surface area contributed by atoms with Gasteiger partial charge in [-0.15, -0.1) is 0 Å². The number of nitrogens with zero attached hydrogens (tertiary/aromatic N) is 2. The fourth-order valence-corrected chi connectivity index (χ4v) is 1.51. The lowest BCUT2D eigenvalue weighted by atomic mass is 10.2. The molecule has 0 bridgehead atoms. The van der Waals surface area contributed by atoms with Gasteiger partial charge in [-0.25, -0.2) is 0 Å². The quantitative estimate of drug-likeness (QED) is 0.802. The summed E-state index contributed by atoms with van der Waals surface area (Å²) >= 11 is 0. The summed E-state index contributed by atoms with van der Waals surface area (Å²) < 4.78 is 1.79. The number of aryl methyl sites for hydroxylation is 1. The third-order valence-electron chi connectivity index (χ3n) is 2.57. The molecule has 0 saturated heterocycles. The maximum Gasteiger partial charge on any atom is 0.305 e. The minimum atomic E-state index is -0.789. The standard InChI is InChI=1S/C10H16N2O2/c1-6(5-10(13)14)12-9(4)7(2)8(3)11-12/h6H,5H2,1-4H3,(H,13,14)/t6-/m0/s1. The van der Waals surface area contributed by atoms with Crippen molar-refractivity contribution in [3.05, 3.63) is 17.0 Å². The number of hydrogen-bond donors (Lipinski definition) is 1. The van der Waals surface area contributed by atoms with Crippen LogP contribution in [0.3, 0.4) is 0 Å². The molecule has 4 heteroatoms. The molecule has 1 atom stereocenters.